The van der Waals surface area contributed by atoms with E-state index in [0.717, 1.165) is 26.6 Å². The molecular formula is C17H12BrCl2N. The number of pyridine rings is 1. The lowest BCUT2D eigenvalue weighted by molar-refractivity contribution is 0.887. The van der Waals surface area contributed by atoms with Crippen molar-refractivity contribution in [2.24, 2.45) is 0 Å². The Labute approximate surface area is 142 Å². The zero-order chi connectivity index (χ0) is 14.8. The largest absolute Gasteiger partial charge is 0.253 e. The second kappa shape index (κ2) is 6.35. The average Bonchev–Trinajstić information content (AvgIpc) is 2.49. The lowest BCUT2D eigenvalue weighted by Crippen LogP contribution is -1.99. The van der Waals surface area contributed by atoms with Crippen molar-refractivity contribution in [2.45, 2.75) is 11.8 Å². The molecule has 2 aromatic carbocycles. The predicted molar refractivity (Wildman–Crippen MR) is 93.2 cm³/mol. The molecule has 3 aromatic rings. The summed E-state index contributed by atoms with van der Waals surface area (Å²) < 4.78 is 0.971. The lowest BCUT2D eigenvalue weighted by atomic mass is 10.1. The van der Waals surface area contributed by atoms with Crippen LogP contribution in [-0.4, -0.2) is 4.98 Å². The van der Waals surface area contributed by atoms with Crippen molar-refractivity contribution in [1.29, 1.82) is 0 Å². The van der Waals surface area contributed by atoms with Crippen LogP contribution in [0.1, 0.15) is 16.6 Å². The Morgan fingerprint density at radius 1 is 1.05 bits per heavy atom. The van der Waals surface area contributed by atoms with E-state index in [1.54, 1.807) is 0 Å². The topological polar surface area (TPSA) is 12.9 Å². The van der Waals surface area contributed by atoms with E-state index in [9.17, 15) is 0 Å². The first-order valence-corrected chi connectivity index (χ1v) is 8.18. The summed E-state index contributed by atoms with van der Waals surface area (Å²) in [5.41, 5.74) is 2.87. The van der Waals surface area contributed by atoms with E-state index in [0.29, 0.717) is 11.4 Å². The van der Waals surface area contributed by atoms with Gasteiger partial charge in [0.2, 0.25) is 0 Å². The maximum atomic E-state index is 6.52. The molecule has 0 bridgehead atoms. The van der Waals surface area contributed by atoms with E-state index in [1.807, 2.05) is 42.5 Å². The van der Waals surface area contributed by atoms with Crippen LogP contribution < -0.4 is 0 Å². The van der Waals surface area contributed by atoms with Gasteiger partial charge in [-0.25, -0.2) is 0 Å². The quantitative estimate of drug-likeness (QED) is 0.495. The molecule has 3 rings (SSSR count). The highest BCUT2D eigenvalue weighted by molar-refractivity contribution is 9.10. The van der Waals surface area contributed by atoms with Gasteiger partial charge in [0.05, 0.1) is 10.9 Å². The SMILES string of the molecule is Clc1ccc(Br)cc1C(Cl)Cc1ccc2ccccc2n1. The molecule has 106 valence electrons. The summed E-state index contributed by atoms with van der Waals surface area (Å²) in [4.78, 5) is 4.65. The van der Waals surface area contributed by atoms with Gasteiger partial charge in [0.25, 0.3) is 0 Å². The van der Waals surface area contributed by atoms with E-state index in [4.69, 9.17) is 23.2 Å². The zero-order valence-corrected chi connectivity index (χ0v) is 14.2. The van der Waals surface area contributed by atoms with Crippen molar-refractivity contribution >= 4 is 50.0 Å². The highest BCUT2D eigenvalue weighted by Gasteiger charge is 2.14. The molecule has 1 atom stereocenters. The fourth-order valence-electron chi connectivity index (χ4n) is 2.27. The van der Waals surface area contributed by atoms with E-state index < -0.39 is 0 Å². The minimum absolute atomic E-state index is 0.205. The second-order valence-corrected chi connectivity index (χ2v) is 6.68. The fourth-order valence-corrected chi connectivity index (χ4v) is 3.29. The molecule has 1 aromatic heterocycles. The predicted octanol–water partition coefficient (Wildman–Crippen LogP) is 6.17. The van der Waals surface area contributed by atoms with Crippen LogP contribution in [0.3, 0.4) is 0 Å². The highest BCUT2D eigenvalue weighted by atomic mass is 79.9. The third-order valence-corrected chi connectivity index (χ3v) is 4.57. The van der Waals surface area contributed by atoms with Gasteiger partial charge < -0.3 is 0 Å². The number of benzene rings is 2. The summed E-state index contributed by atoms with van der Waals surface area (Å²) in [5.74, 6) is 0. The summed E-state index contributed by atoms with van der Waals surface area (Å²) in [7, 11) is 0. The summed E-state index contributed by atoms with van der Waals surface area (Å²) in [6.45, 7) is 0. The maximum absolute atomic E-state index is 6.52. The molecule has 1 unspecified atom stereocenters. The third-order valence-electron chi connectivity index (χ3n) is 3.34. The lowest BCUT2D eigenvalue weighted by Gasteiger charge is -2.12. The Kier molecular flexibility index (Phi) is 4.48. The molecule has 0 aliphatic heterocycles. The van der Waals surface area contributed by atoms with E-state index in [1.165, 1.54) is 0 Å². The van der Waals surface area contributed by atoms with Gasteiger partial charge in [-0.05, 0) is 35.9 Å². The minimum Gasteiger partial charge on any atom is -0.253 e. The molecule has 0 saturated heterocycles. The smallest absolute Gasteiger partial charge is 0.0705 e. The first-order valence-electron chi connectivity index (χ1n) is 6.57. The Morgan fingerprint density at radius 3 is 2.71 bits per heavy atom. The first-order chi connectivity index (χ1) is 10.1. The van der Waals surface area contributed by atoms with Gasteiger partial charge in [-0.1, -0.05) is 51.8 Å². The number of para-hydroxylation sites is 1. The summed E-state index contributed by atoms with van der Waals surface area (Å²) in [6.07, 6.45) is 0.641. The second-order valence-electron chi connectivity index (χ2n) is 4.83. The Balaban J connectivity index is 1.88. The Hall–Kier alpha value is -1.09. The highest BCUT2D eigenvalue weighted by Crippen LogP contribution is 2.32. The number of hydrogen-bond acceptors (Lipinski definition) is 1. The minimum atomic E-state index is -0.205. The molecule has 0 saturated carbocycles. The molecular weight excluding hydrogens is 369 g/mol. The van der Waals surface area contributed by atoms with Gasteiger partial charge in [0.15, 0.2) is 0 Å². The maximum Gasteiger partial charge on any atom is 0.0705 e. The molecule has 21 heavy (non-hydrogen) atoms. The van der Waals surface area contributed by atoms with Crippen molar-refractivity contribution in [3.63, 3.8) is 0 Å². The van der Waals surface area contributed by atoms with Crippen LogP contribution >= 0.6 is 39.1 Å². The van der Waals surface area contributed by atoms with E-state index in [2.05, 4.69) is 33.0 Å². The summed E-state index contributed by atoms with van der Waals surface area (Å²) >= 11 is 16.2. The summed E-state index contributed by atoms with van der Waals surface area (Å²) in [6, 6.07) is 17.9. The first kappa shape index (κ1) is 14.8. The zero-order valence-electron chi connectivity index (χ0n) is 11.1. The molecule has 0 spiro atoms. The van der Waals surface area contributed by atoms with Gasteiger partial charge >= 0.3 is 0 Å². The van der Waals surface area contributed by atoms with Crippen molar-refractivity contribution in [2.75, 3.05) is 0 Å². The van der Waals surface area contributed by atoms with Crippen LogP contribution in [-0.2, 0) is 6.42 Å². The van der Waals surface area contributed by atoms with Gasteiger partial charge in [0, 0.05) is 27.0 Å². The monoisotopic (exact) mass is 379 g/mol. The third kappa shape index (κ3) is 3.39. The number of hydrogen-bond donors (Lipinski definition) is 0. The van der Waals surface area contributed by atoms with Crippen molar-refractivity contribution in [1.82, 2.24) is 4.98 Å². The van der Waals surface area contributed by atoms with Crippen molar-refractivity contribution in [3.05, 3.63) is 75.4 Å². The molecule has 0 aliphatic carbocycles. The number of aromatic nitrogens is 1. The normalized spacial score (nSPS) is 12.5. The van der Waals surface area contributed by atoms with E-state index in [-0.39, 0.29) is 5.38 Å². The molecule has 4 heteroatoms. The van der Waals surface area contributed by atoms with Crippen molar-refractivity contribution in [3.8, 4) is 0 Å². The fraction of sp³-hybridized carbons (Fsp3) is 0.118. The summed E-state index contributed by atoms with van der Waals surface area (Å²) in [5, 5.41) is 1.61. The molecule has 0 amide bonds. The number of fused-ring (bicyclic) bond motifs is 1. The van der Waals surface area contributed by atoms with Crippen LogP contribution in [0.2, 0.25) is 5.02 Å². The molecule has 0 fully saturated rings. The van der Waals surface area contributed by atoms with Gasteiger partial charge in [-0.3, -0.25) is 4.98 Å². The van der Waals surface area contributed by atoms with Crippen LogP contribution in [0.4, 0.5) is 0 Å². The average molecular weight is 381 g/mol. The van der Waals surface area contributed by atoms with Crippen molar-refractivity contribution < 1.29 is 0 Å². The number of alkyl halides is 1. The van der Waals surface area contributed by atoms with Crippen LogP contribution in [0, 0.1) is 0 Å². The molecule has 0 radical (unpaired) electrons. The van der Waals surface area contributed by atoms with E-state index >= 15 is 0 Å². The molecule has 1 heterocycles. The van der Waals surface area contributed by atoms with Crippen LogP contribution in [0.15, 0.2) is 59.1 Å². The molecule has 0 aliphatic rings. The van der Waals surface area contributed by atoms with Crippen LogP contribution in [0.25, 0.3) is 10.9 Å². The number of nitrogens with zero attached hydrogens (tertiary/aromatic N) is 1. The molecule has 1 nitrogen and oxygen atoms in total. The van der Waals surface area contributed by atoms with Crippen LogP contribution in [0.5, 0.6) is 0 Å². The van der Waals surface area contributed by atoms with Gasteiger partial charge in [-0.15, -0.1) is 11.6 Å². The Morgan fingerprint density at radius 2 is 1.86 bits per heavy atom. The molecule has 0 N–H and O–H groups in total. The van der Waals surface area contributed by atoms with Gasteiger partial charge in [-0.2, -0.15) is 0 Å². The standard InChI is InChI=1S/C17H12BrCl2N/c18-12-6-8-15(19)14(9-12)16(20)10-13-7-5-11-3-1-2-4-17(11)21-13/h1-9,16H,10H2. The van der Waals surface area contributed by atoms with Gasteiger partial charge in [0.1, 0.15) is 0 Å². The number of halogens is 3. The number of rotatable bonds is 3. The Bertz CT molecular complexity index is 789.